The molecule has 3 rings (SSSR count). The van der Waals surface area contributed by atoms with Crippen LogP contribution in [-0.2, 0) is 17.6 Å². The second kappa shape index (κ2) is 6.92. The van der Waals surface area contributed by atoms with E-state index in [1.165, 1.54) is 0 Å². The summed E-state index contributed by atoms with van der Waals surface area (Å²) in [6.07, 6.45) is 4.60. The van der Waals surface area contributed by atoms with Crippen molar-refractivity contribution in [2.24, 2.45) is 0 Å². The SMILES string of the molecule is CN(C)CCCC(=O)Cc1ccc2c(c1)Cc1cccnc1O2. The minimum atomic E-state index is 0.297. The number of aromatic nitrogens is 1. The van der Waals surface area contributed by atoms with E-state index in [-0.39, 0.29) is 0 Å². The highest BCUT2D eigenvalue weighted by molar-refractivity contribution is 5.81. The minimum Gasteiger partial charge on any atom is -0.438 e. The molecule has 0 fully saturated rings. The monoisotopic (exact) mass is 310 g/mol. The molecule has 0 amide bonds. The van der Waals surface area contributed by atoms with E-state index >= 15 is 0 Å². The van der Waals surface area contributed by atoms with Gasteiger partial charge >= 0.3 is 0 Å². The van der Waals surface area contributed by atoms with Crippen LogP contribution in [0.25, 0.3) is 0 Å². The van der Waals surface area contributed by atoms with Gasteiger partial charge in [0.15, 0.2) is 0 Å². The molecular formula is C19H22N2O2. The lowest BCUT2D eigenvalue weighted by molar-refractivity contribution is -0.118. The maximum absolute atomic E-state index is 12.1. The molecule has 0 aliphatic carbocycles. The zero-order valence-corrected chi connectivity index (χ0v) is 13.7. The summed E-state index contributed by atoms with van der Waals surface area (Å²) in [6, 6.07) is 9.98. The quantitative estimate of drug-likeness (QED) is 0.701. The van der Waals surface area contributed by atoms with Gasteiger partial charge in [-0.15, -0.1) is 0 Å². The van der Waals surface area contributed by atoms with Crippen molar-refractivity contribution in [3.05, 3.63) is 53.2 Å². The molecule has 0 spiro atoms. The van der Waals surface area contributed by atoms with Crippen molar-refractivity contribution in [3.8, 4) is 11.6 Å². The van der Waals surface area contributed by atoms with Gasteiger partial charge in [0.25, 0.3) is 0 Å². The van der Waals surface area contributed by atoms with E-state index in [1.807, 2.05) is 38.4 Å². The third-order valence-corrected chi connectivity index (χ3v) is 4.02. The van der Waals surface area contributed by atoms with Gasteiger partial charge in [-0.25, -0.2) is 4.98 Å². The number of carbonyl (C=O) groups excluding carboxylic acids is 1. The smallest absolute Gasteiger partial charge is 0.222 e. The number of hydrogen-bond donors (Lipinski definition) is 0. The Kier molecular flexibility index (Phi) is 4.72. The van der Waals surface area contributed by atoms with Crippen LogP contribution in [0.1, 0.15) is 29.5 Å². The molecule has 1 aromatic carbocycles. The van der Waals surface area contributed by atoms with E-state index in [1.54, 1.807) is 6.20 Å². The van der Waals surface area contributed by atoms with Gasteiger partial charge in [-0.05, 0) is 50.3 Å². The van der Waals surface area contributed by atoms with Gasteiger partial charge < -0.3 is 9.64 Å². The van der Waals surface area contributed by atoms with Gasteiger partial charge in [0.1, 0.15) is 11.5 Å². The molecule has 120 valence electrons. The van der Waals surface area contributed by atoms with Crippen LogP contribution in [0.4, 0.5) is 0 Å². The van der Waals surface area contributed by atoms with Crippen LogP contribution in [0.15, 0.2) is 36.5 Å². The van der Waals surface area contributed by atoms with E-state index < -0.39 is 0 Å². The zero-order chi connectivity index (χ0) is 16.2. The first-order valence-electron chi connectivity index (χ1n) is 8.02. The molecule has 1 aliphatic heterocycles. The number of carbonyl (C=O) groups is 1. The van der Waals surface area contributed by atoms with Crippen LogP contribution in [0.3, 0.4) is 0 Å². The zero-order valence-electron chi connectivity index (χ0n) is 13.7. The van der Waals surface area contributed by atoms with Crippen LogP contribution in [-0.4, -0.2) is 36.3 Å². The fourth-order valence-electron chi connectivity index (χ4n) is 2.85. The molecule has 0 radical (unpaired) electrons. The van der Waals surface area contributed by atoms with Crippen LogP contribution in [0.5, 0.6) is 11.6 Å². The summed E-state index contributed by atoms with van der Waals surface area (Å²) in [5, 5.41) is 0. The molecule has 0 atom stereocenters. The molecule has 4 nitrogen and oxygen atoms in total. The number of hydrogen-bond acceptors (Lipinski definition) is 4. The maximum atomic E-state index is 12.1. The van der Waals surface area contributed by atoms with Gasteiger partial charge in [-0.3, -0.25) is 4.79 Å². The second-order valence-electron chi connectivity index (χ2n) is 6.31. The van der Waals surface area contributed by atoms with Gasteiger partial charge in [0.2, 0.25) is 5.88 Å². The Labute approximate surface area is 137 Å². The largest absolute Gasteiger partial charge is 0.438 e. The molecule has 0 N–H and O–H groups in total. The van der Waals surface area contributed by atoms with Crippen molar-refractivity contribution in [3.63, 3.8) is 0 Å². The lowest BCUT2D eigenvalue weighted by Gasteiger charge is -2.19. The van der Waals surface area contributed by atoms with Gasteiger partial charge in [0, 0.05) is 31.0 Å². The summed E-state index contributed by atoms with van der Waals surface area (Å²) in [5.41, 5.74) is 3.29. The predicted octanol–water partition coefficient (Wildman–Crippen LogP) is 3.23. The molecular weight excluding hydrogens is 288 g/mol. The third-order valence-electron chi connectivity index (χ3n) is 4.02. The fraction of sp³-hybridized carbons (Fsp3) is 0.368. The Morgan fingerprint density at radius 1 is 1.26 bits per heavy atom. The molecule has 1 aliphatic rings. The topological polar surface area (TPSA) is 42.4 Å². The highest BCUT2D eigenvalue weighted by Gasteiger charge is 2.18. The normalized spacial score (nSPS) is 12.5. The molecule has 4 heteroatoms. The summed E-state index contributed by atoms with van der Waals surface area (Å²) in [6.45, 7) is 0.952. The predicted molar refractivity (Wildman–Crippen MR) is 90.1 cm³/mol. The molecule has 23 heavy (non-hydrogen) atoms. The maximum Gasteiger partial charge on any atom is 0.222 e. The van der Waals surface area contributed by atoms with Crippen molar-refractivity contribution >= 4 is 5.78 Å². The third kappa shape index (κ3) is 3.96. The highest BCUT2D eigenvalue weighted by Crippen LogP contribution is 2.35. The molecule has 0 saturated heterocycles. The number of pyridine rings is 1. The standard InChI is InChI=1S/C19H22N2O2/c1-21(2)10-4-6-17(22)12-14-7-8-18-16(11-14)13-15-5-3-9-20-19(15)23-18/h3,5,7-9,11H,4,6,10,12-13H2,1-2H3. The highest BCUT2D eigenvalue weighted by atomic mass is 16.5. The number of rotatable bonds is 6. The van der Waals surface area contributed by atoms with E-state index in [9.17, 15) is 4.79 Å². The van der Waals surface area contributed by atoms with Crippen molar-refractivity contribution in [2.75, 3.05) is 20.6 Å². The van der Waals surface area contributed by atoms with Gasteiger partial charge in [-0.1, -0.05) is 18.2 Å². The first-order chi connectivity index (χ1) is 11.1. The van der Waals surface area contributed by atoms with Crippen molar-refractivity contribution in [2.45, 2.75) is 25.7 Å². The summed E-state index contributed by atoms with van der Waals surface area (Å²) in [4.78, 5) is 18.5. The van der Waals surface area contributed by atoms with Crippen LogP contribution >= 0.6 is 0 Å². The fourth-order valence-corrected chi connectivity index (χ4v) is 2.85. The molecule has 0 unspecified atom stereocenters. The van der Waals surface area contributed by atoms with E-state index in [0.29, 0.717) is 24.5 Å². The van der Waals surface area contributed by atoms with E-state index in [4.69, 9.17) is 4.74 Å². The Bertz CT molecular complexity index is 710. The van der Waals surface area contributed by atoms with Crippen molar-refractivity contribution in [1.82, 2.24) is 9.88 Å². The molecule has 0 saturated carbocycles. The van der Waals surface area contributed by atoms with Crippen molar-refractivity contribution < 1.29 is 9.53 Å². The molecule has 2 heterocycles. The Hall–Kier alpha value is -2.20. The van der Waals surface area contributed by atoms with Crippen LogP contribution in [0.2, 0.25) is 0 Å². The van der Waals surface area contributed by atoms with E-state index in [2.05, 4.69) is 16.0 Å². The first kappa shape index (κ1) is 15.7. The number of ketones is 1. The number of Topliss-reactive ketones (excluding diaryl/α,β-unsaturated/α-hetero) is 1. The summed E-state index contributed by atoms with van der Waals surface area (Å²) in [7, 11) is 4.06. The first-order valence-corrected chi connectivity index (χ1v) is 8.02. The second-order valence-corrected chi connectivity index (χ2v) is 6.31. The number of nitrogens with zero attached hydrogens (tertiary/aromatic N) is 2. The van der Waals surface area contributed by atoms with Crippen LogP contribution < -0.4 is 4.74 Å². The number of benzene rings is 1. The van der Waals surface area contributed by atoms with Gasteiger partial charge in [-0.2, -0.15) is 0 Å². The summed E-state index contributed by atoms with van der Waals surface area (Å²) in [5.74, 6) is 1.83. The van der Waals surface area contributed by atoms with Crippen LogP contribution in [0, 0.1) is 0 Å². The average Bonchev–Trinajstić information content (AvgIpc) is 2.52. The minimum absolute atomic E-state index is 0.297. The summed E-state index contributed by atoms with van der Waals surface area (Å²) >= 11 is 0. The Morgan fingerprint density at radius 2 is 2.13 bits per heavy atom. The molecule has 0 bridgehead atoms. The van der Waals surface area contributed by atoms with Crippen molar-refractivity contribution in [1.29, 1.82) is 0 Å². The Morgan fingerprint density at radius 3 is 2.96 bits per heavy atom. The number of fused-ring (bicyclic) bond motifs is 2. The lowest BCUT2D eigenvalue weighted by atomic mass is 9.97. The average molecular weight is 310 g/mol. The van der Waals surface area contributed by atoms with E-state index in [0.717, 1.165) is 41.8 Å². The summed E-state index contributed by atoms with van der Waals surface area (Å²) < 4.78 is 5.83. The lowest BCUT2D eigenvalue weighted by Crippen LogP contribution is -2.15. The molecule has 1 aromatic heterocycles. The molecule has 2 aromatic rings. The number of ether oxygens (including phenoxy) is 1. The van der Waals surface area contributed by atoms with Gasteiger partial charge in [0.05, 0.1) is 0 Å². The Balaban J connectivity index is 1.64.